The van der Waals surface area contributed by atoms with Crippen LogP contribution in [0.25, 0.3) is 0 Å². The zero-order valence-corrected chi connectivity index (χ0v) is 12.6. The molecule has 0 heterocycles. The van der Waals surface area contributed by atoms with Crippen LogP contribution in [0.1, 0.15) is 40.6 Å². The quantitative estimate of drug-likeness (QED) is 0.865. The Balaban J connectivity index is 1.82. The molecule has 3 unspecified atom stereocenters. The predicted molar refractivity (Wildman–Crippen MR) is 85.0 cm³/mol. The van der Waals surface area contributed by atoms with Gasteiger partial charge in [-0.15, -0.1) is 0 Å². The molecule has 3 atom stereocenters. The van der Waals surface area contributed by atoms with E-state index in [2.05, 4.69) is 74.7 Å². The normalized spacial score (nSPS) is 22.6. The van der Waals surface area contributed by atoms with Gasteiger partial charge in [-0.05, 0) is 55.8 Å². The molecule has 1 aliphatic carbocycles. The first-order valence-corrected chi connectivity index (χ1v) is 7.50. The smallest absolute Gasteiger partial charge is 0.0354 e. The number of rotatable bonds is 4. The molecule has 1 saturated carbocycles. The highest BCUT2D eigenvalue weighted by molar-refractivity contribution is 5.36. The zero-order chi connectivity index (χ0) is 14.1. The number of nitrogens with one attached hydrogen (secondary N) is 1. The first kappa shape index (κ1) is 13.4. The lowest BCUT2D eigenvalue weighted by Crippen LogP contribution is -2.20. The molecule has 0 saturated heterocycles. The molecule has 1 fully saturated rings. The van der Waals surface area contributed by atoms with Crippen molar-refractivity contribution in [2.24, 2.45) is 5.92 Å². The van der Waals surface area contributed by atoms with Crippen LogP contribution in [0.3, 0.4) is 0 Å². The molecule has 1 heteroatoms. The second kappa shape index (κ2) is 5.41. The molecule has 0 bridgehead atoms. The maximum Gasteiger partial charge on any atom is 0.0354 e. The number of benzene rings is 2. The third kappa shape index (κ3) is 2.51. The van der Waals surface area contributed by atoms with E-state index in [0.29, 0.717) is 12.0 Å². The second-order valence-electron chi connectivity index (χ2n) is 6.04. The summed E-state index contributed by atoms with van der Waals surface area (Å²) in [7, 11) is 2.09. The van der Waals surface area contributed by atoms with E-state index in [-0.39, 0.29) is 0 Å². The van der Waals surface area contributed by atoms with Crippen molar-refractivity contribution >= 4 is 0 Å². The summed E-state index contributed by atoms with van der Waals surface area (Å²) in [5.41, 5.74) is 5.70. The molecule has 104 valence electrons. The summed E-state index contributed by atoms with van der Waals surface area (Å²) in [6.45, 7) is 4.39. The molecule has 1 aliphatic rings. The Morgan fingerprint density at radius 3 is 2.45 bits per heavy atom. The number of hydrogen-bond acceptors (Lipinski definition) is 1. The molecule has 0 spiro atoms. The van der Waals surface area contributed by atoms with Gasteiger partial charge in [-0.2, -0.15) is 0 Å². The summed E-state index contributed by atoms with van der Waals surface area (Å²) in [4.78, 5) is 0. The fraction of sp³-hybridized carbons (Fsp3) is 0.368. The van der Waals surface area contributed by atoms with Crippen LogP contribution >= 0.6 is 0 Å². The fourth-order valence-corrected chi connectivity index (χ4v) is 3.44. The van der Waals surface area contributed by atoms with Crippen LogP contribution in [0.5, 0.6) is 0 Å². The SMILES string of the molecule is CNC(c1ccc(C)cc1C)C1CC1c1ccccc1. The average molecular weight is 265 g/mol. The Labute approximate surface area is 122 Å². The van der Waals surface area contributed by atoms with Gasteiger partial charge in [0.25, 0.3) is 0 Å². The van der Waals surface area contributed by atoms with Gasteiger partial charge in [-0.1, -0.05) is 54.1 Å². The van der Waals surface area contributed by atoms with Crippen LogP contribution in [0.2, 0.25) is 0 Å². The van der Waals surface area contributed by atoms with E-state index in [1.807, 2.05) is 0 Å². The van der Waals surface area contributed by atoms with Crippen LogP contribution < -0.4 is 5.32 Å². The van der Waals surface area contributed by atoms with Crippen molar-refractivity contribution in [1.82, 2.24) is 5.32 Å². The number of aryl methyl sites for hydroxylation is 2. The largest absolute Gasteiger partial charge is 0.313 e. The van der Waals surface area contributed by atoms with Crippen LogP contribution in [0.4, 0.5) is 0 Å². The lowest BCUT2D eigenvalue weighted by Gasteiger charge is -2.19. The fourth-order valence-electron chi connectivity index (χ4n) is 3.44. The van der Waals surface area contributed by atoms with Crippen LogP contribution in [0, 0.1) is 19.8 Å². The molecule has 20 heavy (non-hydrogen) atoms. The molecule has 2 aromatic rings. The Bertz CT molecular complexity index is 588. The third-order valence-corrected chi connectivity index (χ3v) is 4.57. The summed E-state index contributed by atoms with van der Waals surface area (Å²) in [6.07, 6.45) is 1.29. The second-order valence-corrected chi connectivity index (χ2v) is 6.04. The zero-order valence-electron chi connectivity index (χ0n) is 12.6. The standard InChI is InChI=1S/C19H23N/c1-13-9-10-16(14(2)11-13)19(20-3)18-12-17(18)15-7-5-4-6-8-15/h4-11,17-20H,12H2,1-3H3. The van der Waals surface area contributed by atoms with Gasteiger partial charge < -0.3 is 5.32 Å². The molecule has 0 amide bonds. The minimum Gasteiger partial charge on any atom is -0.313 e. The Hall–Kier alpha value is -1.60. The van der Waals surface area contributed by atoms with E-state index in [4.69, 9.17) is 0 Å². The van der Waals surface area contributed by atoms with Gasteiger partial charge in [0.1, 0.15) is 0 Å². The molecule has 0 aliphatic heterocycles. The average Bonchev–Trinajstić information content (AvgIpc) is 3.23. The summed E-state index contributed by atoms with van der Waals surface area (Å²) in [6, 6.07) is 18.2. The highest BCUT2D eigenvalue weighted by Gasteiger charge is 2.44. The van der Waals surface area contributed by atoms with E-state index in [1.54, 1.807) is 0 Å². The lowest BCUT2D eigenvalue weighted by molar-refractivity contribution is 0.515. The van der Waals surface area contributed by atoms with Crippen molar-refractivity contribution < 1.29 is 0 Å². The van der Waals surface area contributed by atoms with Crippen molar-refractivity contribution in [3.63, 3.8) is 0 Å². The van der Waals surface area contributed by atoms with Gasteiger partial charge in [0.05, 0.1) is 0 Å². The van der Waals surface area contributed by atoms with Gasteiger partial charge >= 0.3 is 0 Å². The maximum atomic E-state index is 3.54. The van der Waals surface area contributed by atoms with Gasteiger partial charge in [-0.3, -0.25) is 0 Å². The summed E-state index contributed by atoms with van der Waals surface area (Å²) < 4.78 is 0. The number of hydrogen-bond donors (Lipinski definition) is 1. The van der Waals surface area contributed by atoms with Gasteiger partial charge in [0.2, 0.25) is 0 Å². The van der Waals surface area contributed by atoms with E-state index < -0.39 is 0 Å². The van der Waals surface area contributed by atoms with Gasteiger partial charge in [0.15, 0.2) is 0 Å². The predicted octanol–water partition coefficient (Wildman–Crippen LogP) is 4.37. The van der Waals surface area contributed by atoms with Crippen molar-refractivity contribution in [2.45, 2.75) is 32.2 Å². The van der Waals surface area contributed by atoms with Crippen molar-refractivity contribution in [1.29, 1.82) is 0 Å². The summed E-state index contributed by atoms with van der Waals surface area (Å²) >= 11 is 0. The summed E-state index contributed by atoms with van der Waals surface area (Å²) in [5, 5.41) is 3.54. The minimum absolute atomic E-state index is 0.473. The third-order valence-electron chi connectivity index (χ3n) is 4.57. The summed E-state index contributed by atoms with van der Waals surface area (Å²) in [5.74, 6) is 1.44. The van der Waals surface area contributed by atoms with Crippen molar-refractivity contribution in [3.05, 3.63) is 70.8 Å². The first-order chi connectivity index (χ1) is 9.70. The molecule has 3 rings (SSSR count). The molecule has 1 nitrogen and oxygen atoms in total. The van der Waals surface area contributed by atoms with Crippen molar-refractivity contribution in [2.75, 3.05) is 7.05 Å². The first-order valence-electron chi connectivity index (χ1n) is 7.50. The minimum atomic E-state index is 0.473. The van der Waals surface area contributed by atoms with Crippen molar-refractivity contribution in [3.8, 4) is 0 Å². The van der Waals surface area contributed by atoms with Crippen LogP contribution in [0.15, 0.2) is 48.5 Å². The molecule has 0 radical (unpaired) electrons. The van der Waals surface area contributed by atoms with E-state index in [9.17, 15) is 0 Å². The molecular weight excluding hydrogens is 242 g/mol. The Kier molecular flexibility index (Phi) is 3.62. The lowest BCUT2D eigenvalue weighted by atomic mass is 9.94. The van der Waals surface area contributed by atoms with Gasteiger partial charge in [-0.25, -0.2) is 0 Å². The Morgan fingerprint density at radius 1 is 1.05 bits per heavy atom. The highest BCUT2D eigenvalue weighted by Crippen LogP contribution is 2.54. The molecule has 2 aromatic carbocycles. The van der Waals surface area contributed by atoms with E-state index >= 15 is 0 Å². The molecule has 0 aromatic heterocycles. The van der Waals surface area contributed by atoms with Crippen LogP contribution in [-0.4, -0.2) is 7.05 Å². The van der Waals surface area contributed by atoms with E-state index in [0.717, 1.165) is 5.92 Å². The molecule has 1 N–H and O–H groups in total. The maximum absolute atomic E-state index is 3.54. The van der Waals surface area contributed by atoms with E-state index in [1.165, 1.54) is 28.7 Å². The topological polar surface area (TPSA) is 12.0 Å². The van der Waals surface area contributed by atoms with Gasteiger partial charge in [0, 0.05) is 6.04 Å². The monoisotopic (exact) mass is 265 g/mol. The highest BCUT2D eigenvalue weighted by atomic mass is 14.9. The van der Waals surface area contributed by atoms with Crippen LogP contribution in [-0.2, 0) is 0 Å². The Morgan fingerprint density at radius 2 is 1.80 bits per heavy atom. The molecular formula is C19H23N.